The van der Waals surface area contributed by atoms with Crippen LogP contribution in [0.5, 0.6) is 0 Å². The zero-order chi connectivity index (χ0) is 14.7. The lowest BCUT2D eigenvalue weighted by Crippen LogP contribution is -2.33. The summed E-state index contributed by atoms with van der Waals surface area (Å²) in [6.07, 6.45) is 2.49. The normalized spacial score (nSPS) is 13.9. The van der Waals surface area contributed by atoms with Crippen molar-refractivity contribution in [2.45, 2.75) is 46.1 Å². The number of anilines is 1. The van der Waals surface area contributed by atoms with Crippen LogP contribution in [0.2, 0.25) is 0 Å². The van der Waals surface area contributed by atoms with E-state index >= 15 is 0 Å². The summed E-state index contributed by atoms with van der Waals surface area (Å²) in [5.41, 5.74) is 3.08. The van der Waals surface area contributed by atoms with Crippen molar-refractivity contribution in [3.8, 4) is 0 Å². The van der Waals surface area contributed by atoms with E-state index in [0.717, 1.165) is 29.7 Å². The van der Waals surface area contributed by atoms with Gasteiger partial charge in [0.05, 0.1) is 0 Å². The number of rotatable bonds is 5. The molecule has 0 radical (unpaired) electrons. The molecule has 2 amide bonds. The van der Waals surface area contributed by atoms with Crippen molar-refractivity contribution >= 4 is 17.5 Å². The Morgan fingerprint density at radius 1 is 1.20 bits per heavy atom. The highest BCUT2D eigenvalue weighted by atomic mass is 16.2. The molecule has 1 aliphatic carbocycles. The minimum absolute atomic E-state index is 0.0399. The zero-order valence-electron chi connectivity index (χ0n) is 12.4. The molecular weight excluding hydrogens is 252 g/mol. The number of hydrogen-bond donors (Lipinski definition) is 1. The highest BCUT2D eigenvalue weighted by Crippen LogP contribution is 2.27. The average molecular weight is 274 g/mol. The Kier molecular flexibility index (Phi) is 4.42. The number of amides is 2. The van der Waals surface area contributed by atoms with E-state index in [2.05, 4.69) is 11.4 Å². The number of carbonyl (C=O) groups is 2. The maximum atomic E-state index is 12.0. The lowest BCUT2D eigenvalue weighted by Gasteiger charge is -2.20. The molecule has 0 unspecified atom stereocenters. The van der Waals surface area contributed by atoms with Gasteiger partial charge in [-0.3, -0.25) is 9.59 Å². The van der Waals surface area contributed by atoms with Gasteiger partial charge >= 0.3 is 0 Å². The first-order valence-electron chi connectivity index (χ1n) is 7.11. The largest absolute Gasteiger partial charge is 0.339 e. The third kappa shape index (κ3) is 4.08. The van der Waals surface area contributed by atoms with E-state index in [1.54, 1.807) is 11.8 Å². The molecule has 0 heterocycles. The van der Waals surface area contributed by atoms with E-state index < -0.39 is 0 Å². The Balaban J connectivity index is 1.87. The fraction of sp³-hybridized carbons (Fsp3) is 0.500. The average Bonchev–Trinajstić information content (AvgIpc) is 3.11. The highest BCUT2D eigenvalue weighted by Gasteiger charge is 2.30. The third-order valence-corrected chi connectivity index (χ3v) is 3.48. The van der Waals surface area contributed by atoms with Crippen molar-refractivity contribution in [1.82, 2.24) is 4.90 Å². The quantitative estimate of drug-likeness (QED) is 0.897. The van der Waals surface area contributed by atoms with Crippen LogP contribution in [0.3, 0.4) is 0 Å². The van der Waals surface area contributed by atoms with Crippen LogP contribution in [0.4, 0.5) is 5.69 Å². The van der Waals surface area contributed by atoms with Crippen LogP contribution >= 0.6 is 0 Å². The Morgan fingerprint density at radius 3 is 2.30 bits per heavy atom. The second kappa shape index (κ2) is 6.07. The number of benzene rings is 1. The van der Waals surface area contributed by atoms with E-state index in [9.17, 15) is 9.59 Å². The molecule has 1 fully saturated rings. The molecule has 0 bridgehead atoms. The number of hydrogen-bond acceptors (Lipinski definition) is 2. The van der Waals surface area contributed by atoms with Gasteiger partial charge in [0.25, 0.3) is 0 Å². The van der Waals surface area contributed by atoms with Crippen LogP contribution in [0.15, 0.2) is 18.2 Å². The number of nitrogens with one attached hydrogen (secondary N) is 1. The summed E-state index contributed by atoms with van der Waals surface area (Å²) in [6, 6.07) is 6.34. The van der Waals surface area contributed by atoms with Crippen LogP contribution in [-0.4, -0.2) is 29.3 Å². The topological polar surface area (TPSA) is 49.4 Å². The van der Waals surface area contributed by atoms with Gasteiger partial charge in [-0.2, -0.15) is 0 Å². The summed E-state index contributed by atoms with van der Waals surface area (Å²) in [4.78, 5) is 25.2. The minimum atomic E-state index is -0.0399. The van der Waals surface area contributed by atoms with Crippen molar-refractivity contribution in [1.29, 1.82) is 0 Å². The van der Waals surface area contributed by atoms with Gasteiger partial charge in [-0.05, 0) is 49.9 Å². The van der Waals surface area contributed by atoms with Gasteiger partial charge in [0.1, 0.15) is 0 Å². The van der Waals surface area contributed by atoms with Crippen LogP contribution in [0.1, 0.15) is 37.3 Å². The Bertz CT molecular complexity index is 501. The summed E-state index contributed by atoms with van der Waals surface area (Å²) in [5.74, 6) is 0.0219. The van der Waals surface area contributed by atoms with Gasteiger partial charge in [-0.1, -0.05) is 6.07 Å². The smallest absolute Gasteiger partial charge is 0.226 e. The number of aryl methyl sites for hydroxylation is 2. The molecule has 1 aromatic rings. The molecule has 2 rings (SSSR count). The Morgan fingerprint density at radius 2 is 1.80 bits per heavy atom. The zero-order valence-corrected chi connectivity index (χ0v) is 12.4. The molecule has 0 aliphatic heterocycles. The van der Waals surface area contributed by atoms with Gasteiger partial charge in [0.15, 0.2) is 0 Å². The molecule has 4 nitrogen and oxygen atoms in total. The summed E-state index contributed by atoms with van der Waals surface area (Å²) >= 11 is 0. The first kappa shape index (κ1) is 14.6. The molecule has 20 heavy (non-hydrogen) atoms. The van der Waals surface area contributed by atoms with Gasteiger partial charge in [-0.15, -0.1) is 0 Å². The summed E-state index contributed by atoms with van der Waals surface area (Å²) in [6.45, 7) is 6.09. The second-order valence-electron chi connectivity index (χ2n) is 5.62. The fourth-order valence-corrected chi connectivity index (χ4v) is 2.48. The molecule has 0 atom stereocenters. The molecule has 0 aromatic heterocycles. The lowest BCUT2D eigenvalue weighted by atomic mass is 10.1. The van der Waals surface area contributed by atoms with Gasteiger partial charge in [-0.25, -0.2) is 0 Å². The molecule has 1 aliphatic rings. The number of carbonyl (C=O) groups excluding carboxylic acids is 2. The molecule has 1 N–H and O–H groups in total. The van der Waals surface area contributed by atoms with Gasteiger partial charge in [0.2, 0.25) is 11.8 Å². The third-order valence-electron chi connectivity index (χ3n) is 3.48. The first-order chi connectivity index (χ1) is 9.45. The molecular formula is C16H22N2O2. The van der Waals surface area contributed by atoms with E-state index in [-0.39, 0.29) is 11.8 Å². The van der Waals surface area contributed by atoms with Gasteiger partial charge < -0.3 is 10.2 Å². The van der Waals surface area contributed by atoms with E-state index in [1.165, 1.54) is 0 Å². The van der Waals surface area contributed by atoms with Crippen LogP contribution < -0.4 is 5.32 Å². The van der Waals surface area contributed by atoms with Crippen molar-refractivity contribution in [3.63, 3.8) is 0 Å². The van der Waals surface area contributed by atoms with Crippen LogP contribution in [-0.2, 0) is 9.59 Å². The predicted molar refractivity (Wildman–Crippen MR) is 79.6 cm³/mol. The molecule has 108 valence electrons. The minimum Gasteiger partial charge on any atom is -0.339 e. The second-order valence-corrected chi connectivity index (χ2v) is 5.62. The summed E-state index contributed by atoms with van der Waals surface area (Å²) in [5, 5.41) is 2.90. The molecule has 1 aromatic carbocycles. The monoisotopic (exact) mass is 274 g/mol. The molecule has 0 saturated heterocycles. The summed E-state index contributed by atoms with van der Waals surface area (Å²) < 4.78 is 0. The van der Waals surface area contributed by atoms with E-state index in [1.807, 2.05) is 26.0 Å². The lowest BCUT2D eigenvalue weighted by molar-refractivity contribution is -0.129. The van der Waals surface area contributed by atoms with Crippen LogP contribution in [0, 0.1) is 13.8 Å². The van der Waals surface area contributed by atoms with Crippen molar-refractivity contribution in [2.75, 3.05) is 11.9 Å². The fourth-order valence-electron chi connectivity index (χ4n) is 2.48. The van der Waals surface area contributed by atoms with Crippen molar-refractivity contribution in [2.24, 2.45) is 0 Å². The van der Waals surface area contributed by atoms with E-state index in [0.29, 0.717) is 19.0 Å². The Hall–Kier alpha value is -1.84. The standard InChI is InChI=1S/C16H22N2O2/c1-11-8-12(2)10-14(9-11)17-16(20)6-7-18(13(3)19)15-4-5-15/h8-10,15H,4-7H2,1-3H3,(H,17,20). The SMILES string of the molecule is CC(=O)N(CCC(=O)Nc1cc(C)cc(C)c1)C1CC1. The van der Waals surface area contributed by atoms with Crippen molar-refractivity contribution < 1.29 is 9.59 Å². The predicted octanol–water partition coefficient (Wildman–Crippen LogP) is 2.64. The van der Waals surface area contributed by atoms with Gasteiger partial charge in [0, 0.05) is 31.6 Å². The van der Waals surface area contributed by atoms with E-state index in [4.69, 9.17) is 0 Å². The number of nitrogens with zero attached hydrogens (tertiary/aromatic N) is 1. The first-order valence-corrected chi connectivity index (χ1v) is 7.11. The maximum absolute atomic E-state index is 12.0. The molecule has 4 heteroatoms. The van der Waals surface area contributed by atoms with Crippen LogP contribution in [0.25, 0.3) is 0 Å². The maximum Gasteiger partial charge on any atom is 0.226 e. The molecule has 1 saturated carbocycles. The highest BCUT2D eigenvalue weighted by molar-refractivity contribution is 5.91. The van der Waals surface area contributed by atoms with Crippen molar-refractivity contribution in [3.05, 3.63) is 29.3 Å². The summed E-state index contributed by atoms with van der Waals surface area (Å²) in [7, 11) is 0. The molecule has 0 spiro atoms. The Labute approximate surface area is 120 Å².